The van der Waals surface area contributed by atoms with Crippen molar-refractivity contribution in [2.75, 3.05) is 20.2 Å². The third kappa shape index (κ3) is 4.16. The smallest absolute Gasteiger partial charge is 0.161 e. The molecule has 1 aromatic rings. The predicted octanol–water partition coefficient (Wildman–Crippen LogP) is 3.33. The van der Waals surface area contributed by atoms with Crippen molar-refractivity contribution in [1.82, 2.24) is 4.90 Å². The van der Waals surface area contributed by atoms with E-state index in [4.69, 9.17) is 14.2 Å². The van der Waals surface area contributed by atoms with Crippen LogP contribution >= 0.6 is 0 Å². The second-order valence-electron chi connectivity index (χ2n) is 8.70. The fraction of sp³-hybridized carbons (Fsp3) is 0.714. The first-order valence-corrected chi connectivity index (χ1v) is 9.65. The molecule has 1 N–H and O–H groups in total. The number of piperidine rings is 1. The van der Waals surface area contributed by atoms with Gasteiger partial charge in [0.05, 0.1) is 31.0 Å². The first-order valence-electron chi connectivity index (χ1n) is 9.65. The third-order valence-corrected chi connectivity index (χ3v) is 5.07. The summed E-state index contributed by atoms with van der Waals surface area (Å²) < 4.78 is 17.6. The van der Waals surface area contributed by atoms with E-state index in [0.717, 1.165) is 31.0 Å². The maximum atomic E-state index is 10.7. The summed E-state index contributed by atoms with van der Waals surface area (Å²) in [6.45, 7) is 11.9. The van der Waals surface area contributed by atoms with E-state index in [1.54, 1.807) is 7.11 Å². The van der Waals surface area contributed by atoms with E-state index in [1.807, 2.05) is 34.6 Å². The van der Waals surface area contributed by atoms with E-state index >= 15 is 0 Å². The summed E-state index contributed by atoms with van der Waals surface area (Å²) in [5.41, 5.74) is 2.29. The van der Waals surface area contributed by atoms with Crippen molar-refractivity contribution < 1.29 is 19.3 Å². The Hall–Kier alpha value is -1.30. The number of aliphatic hydroxyl groups excluding tert-OH is 1. The number of ether oxygens (including phenoxy) is 3. The van der Waals surface area contributed by atoms with Crippen LogP contribution in [0.3, 0.4) is 0 Å². The predicted molar refractivity (Wildman–Crippen MR) is 102 cm³/mol. The van der Waals surface area contributed by atoms with Crippen LogP contribution in [0.5, 0.6) is 11.5 Å². The van der Waals surface area contributed by atoms with Crippen molar-refractivity contribution in [3.8, 4) is 11.5 Å². The molecule has 5 nitrogen and oxygen atoms in total. The van der Waals surface area contributed by atoms with Crippen molar-refractivity contribution in [2.24, 2.45) is 0 Å². The van der Waals surface area contributed by atoms with Gasteiger partial charge in [-0.05, 0) is 70.7 Å². The van der Waals surface area contributed by atoms with Gasteiger partial charge < -0.3 is 19.3 Å². The fourth-order valence-electron chi connectivity index (χ4n) is 4.06. The van der Waals surface area contributed by atoms with Crippen molar-refractivity contribution >= 4 is 0 Å². The zero-order valence-corrected chi connectivity index (χ0v) is 16.9. The molecule has 146 valence electrons. The maximum Gasteiger partial charge on any atom is 0.161 e. The summed E-state index contributed by atoms with van der Waals surface area (Å²) in [6.07, 6.45) is 1.16. The average Bonchev–Trinajstić information content (AvgIpc) is 2.53. The standard InChI is InChI=1S/C21H33NO4/c1-13(2)25-19-9-14-7-8-22-12-20(26-21(3,4)5)17(23)11-16(22)15(14)10-18(19)24-6/h9-10,13,16-17,20,23H,7-8,11-12H2,1-6H3. The Morgan fingerprint density at radius 2 is 1.92 bits per heavy atom. The molecular formula is C21H33NO4. The number of nitrogens with zero attached hydrogens (tertiary/aromatic N) is 1. The van der Waals surface area contributed by atoms with Gasteiger partial charge in [0.2, 0.25) is 0 Å². The van der Waals surface area contributed by atoms with Crippen LogP contribution in [-0.4, -0.2) is 54.1 Å². The highest BCUT2D eigenvalue weighted by molar-refractivity contribution is 5.49. The molecule has 2 aliphatic rings. The topological polar surface area (TPSA) is 51.2 Å². The number of hydrogen-bond acceptors (Lipinski definition) is 5. The molecule has 1 saturated heterocycles. The highest BCUT2D eigenvalue weighted by Crippen LogP contribution is 2.42. The lowest BCUT2D eigenvalue weighted by Crippen LogP contribution is -2.53. The van der Waals surface area contributed by atoms with Crippen LogP contribution in [-0.2, 0) is 11.2 Å². The van der Waals surface area contributed by atoms with E-state index in [2.05, 4.69) is 17.0 Å². The molecule has 3 atom stereocenters. The minimum absolute atomic E-state index is 0.105. The molecule has 0 saturated carbocycles. The SMILES string of the molecule is COc1cc2c(cc1OC(C)C)CCN1CC(OC(C)(C)C)C(O)CC21. The largest absolute Gasteiger partial charge is 0.493 e. The minimum Gasteiger partial charge on any atom is -0.493 e. The Morgan fingerprint density at radius 1 is 1.19 bits per heavy atom. The van der Waals surface area contributed by atoms with Crippen molar-refractivity contribution in [3.05, 3.63) is 23.3 Å². The zero-order valence-electron chi connectivity index (χ0n) is 16.9. The lowest BCUT2D eigenvalue weighted by atomic mass is 9.84. The summed E-state index contributed by atoms with van der Waals surface area (Å²) in [4.78, 5) is 2.44. The molecule has 1 fully saturated rings. The molecular weight excluding hydrogens is 330 g/mol. The van der Waals surface area contributed by atoms with Crippen molar-refractivity contribution in [1.29, 1.82) is 0 Å². The number of methoxy groups -OCH3 is 1. The van der Waals surface area contributed by atoms with Gasteiger partial charge in [-0.1, -0.05) is 0 Å². The highest BCUT2D eigenvalue weighted by atomic mass is 16.5. The van der Waals surface area contributed by atoms with E-state index in [1.165, 1.54) is 11.1 Å². The normalized spacial score (nSPS) is 26.4. The van der Waals surface area contributed by atoms with E-state index in [0.29, 0.717) is 6.42 Å². The van der Waals surface area contributed by atoms with Crippen molar-refractivity contribution in [2.45, 2.75) is 77.4 Å². The first-order chi connectivity index (χ1) is 12.2. The summed E-state index contributed by atoms with van der Waals surface area (Å²) in [7, 11) is 1.68. The number of hydrogen-bond donors (Lipinski definition) is 1. The number of rotatable bonds is 4. The average molecular weight is 363 g/mol. The number of fused-ring (bicyclic) bond motifs is 3. The molecule has 3 unspecified atom stereocenters. The van der Waals surface area contributed by atoms with Gasteiger partial charge >= 0.3 is 0 Å². The summed E-state index contributed by atoms with van der Waals surface area (Å²) in [5, 5.41) is 10.7. The van der Waals surface area contributed by atoms with Gasteiger partial charge in [-0.15, -0.1) is 0 Å². The second-order valence-corrected chi connectivity index (χ2v) is 8.70. The van der Waals surface area contributed by atoms with E-state index in [-0.39, 0.29) is 23.9 Å². The molecule has 0 bridgehead atoms. The van der Waals surface area contributed by atoms with Gasteiger partial charge in [0.25, 0.3) is 0 Å². The van der Waals surface area contributed by atoms with Crippen LogP contribution in [0.2, 0.25) is 0 Å². The van der Waals surface area contributed by atoms with Gasteiger partial charge in [0.1, 0.15) is 0 Å². The van der Waals surface area contributed by atoms with Crippen molar-refractivity contribution in [3.63, 3.8) is 0 Å². The highest BCUT2D eigenvalue weighted by Gasteiger charge is 2.40. The number of aliphatic hydroxyl groups is 1. The summed E-state index contributed by atoms with van der Waals surface area (Å²) in [6, 6.07) is 4.42. The molecule has 5 heteroatoms. The molecule has 2 aliphatic heterocycles. The summed E-state index contributed by atoms with van der Waals surface area (Å²) >= 11 is 0. The van der Waals surface area contributed by atoms with Gasteiger partial charge in [0, 0.05) is 19.1 Å². The molecule has 3 rings (SSSR count). The monoisotopic (exact) mass is 363 g/mol. The van der Waals surface area contributed by atoms with E-state index < -0.39 is 6.10 Å². The van der Waals surface area contributed by atoms with Crippen LogP contribution < -0.4 is 9.47 Å². The molecule has 0 radical (unpaired) electrons. The van der Waals surface area contributed by atoms with Gasteiger partial charge in [-0.3, -0.25) is 4.90 Å². The molecule has 0 spiro atoms. The molecule has 26 heavy (non-hydrogen) atoms. The fourth-order valence-corrected chi connectivity index (χ4v) is 4.06. The lowest BCUT2D eigenvalue weighted by molar-refractivity contribution is -0.149. The summed E-state index contributed by atoms with van der Waals surface area (Å²) in [5.74, 6) is 1.57. The Labute approximate surface area is 157 Å². The maximum absolute atomic E-state index is 10.7. The van der Waals surface area contributed by atoms with Gasteiger partial charge in [0.15, 0.2) is 11.5 Å². The Balaban J connectivity index is 1.85. The minimum atomic E-state index is -0.459. The van der Waals surface area contributed by atoms with Crippen LogP contribution in [0.25, 0.3) is 0 Å². The Bertz CT molecular complexity index is 638. The molecule has 0 amide bonds. The van der Waals surface area contributed by atoms with Gasteiger partial charge in [-0.2, -0.15) is 0 Å². The van der Waals surface area contributed by atoms with Crippen LogP contribution in [0.15, 0.2) is 12.1 Å². The number of benzene rings is 1. The third-order valence-electron chi connectivity index (χ3n) is 5.07. The first kappa shape index (κ1) is 19.5. The van der Waals surface area contributed by atoms with Crippen LogP contribution in [0.4, 0.5) is 0 Å². The molecule has 0 aromatic heterocycles. The molecule has 0 aliphatic carbocycles. The van der Waals surface area contributed by atoms with Gasteiger partial charge in [-0.25, -0.2) is 0 Å². The molecule has 1 aromatic carbocycles. The lowest BCUT2D eigenvalue weighted by Gasteiger charge is -2.46. The quantitative estimate of drug-likeness (QED) is 0.889. The van der Waals surface area contributed by atoms with E-state index in [9.17, 15) is 5.11 Å². The Kier molecular flexibility index (Phi) is 5.52. The second kappa shape index (κ2) is 7.37. The zero-order chi connectivity index (χ0) is 19.1. The Morgan fingerprint density at radius 3 is 2.54 bits per heavy atom. The van der Waals surface area contributed by atoms with Crippen LogP contribution in [0.1, 0.15) is 58.2 Å². The van der Waals surface area contributed by atoms with Crippen LogP contribution in [0, 0.1) is 0 Å². The molecule has 2 heterocycles.